The van der Waals surface area contributed by atoms with E-state index in [0.717, 1.165) is 9.35 Å². The topological polar surface area (TPSA) is 63.4 Å². The van der Waals surface area contributed by atoms with Crippen LogP contribution in [0.4, 0.5) is 5.69 Å². The van der Waals surface area contributed by atoms with Gasteiger partial charge in [0.15, 0.2) is 0 Å². The summed E-state index contributed by atoms with van der Waals surface area (Å²) in [6.45, 7) is 2.07. The average Bonchev–Trinajstić information content (AvgIpc) is 2.74. The van der Waals surface area contributed by atoms with Gasteiger partial charge >= 0.3 is 0 Å². The second-order valence-electron chi connectivity index (χ2n) is 4.49. The molecule has 0 saturated heterocycles. The van der Waals surface area contributed by atoms with Crippen LogP contribution in [0.3, 0.4) is 0 Å². The molecule has 0 atom stereocenters. The zero-order valence-corrected chi connectivity index (χ0v) is 14.3. The van der Waals surface area contributed by atoms with Gasteiger partial charge in [0.05, 0.1) is 5.69 Å². The molecule has 0 aliphatic carbocycles. The van der Waals surface area contributed by atoms with E-state index in [-0.39, 0.29) is 10.6 Å². The van der Waals surface area contributed by atoms with Gasteiger partial charge in [0, 0.05) is 28.3 Å². The molecule has 1 aromatic carbocycles. The summed E-state index contributed by atoms with van der Waals surface area (Å²) < 4.78 is 27.5. The van der Waals surface area contributed by atoms with Crippen molar-refractivity contribution < 1.29 is 8.42 Å². The third-order valence-electron chi connectivity index (χ3n) is 2.91. The zero-order valence-electron chi connectivity index (χ0n) is 11.1. The summed E-state index contributed by atoms with van der Waals surface area (Å²) in [6.07, 6.45) is 0. The van der Waals surface area contributed by atoms with Crippen molar-refractivity contribution in [2.45, 2.75) is 18.4 Å². The van der Waals surface area contributed by atoms with Gasteiger partial charge in [0.2, 0.25) is 10.0 Å². The van der Waals surface area contributed by atoms with Crippen molar-refractivity contribution in [3.05, 3.63) is 44.6 Å². The minimum Gasteiger partial charge on any atom is -0.398 e. The Labute approximate surface area is 131 Å². The normalized spacial score (nSPS) is 12.0. The van der Waals surface area contributed by atoms with E-state index in [4.69, 9.17) is 5.73 Å². The van der Waals surface area contributed by atoms with E-state index in [1.54, 1.807) is 32.2 Å². The van der Waals surface area contributed by atoms with Crippen molar-refractivity contribution in [2.24, 2.45) is 0 Å². The summed E-state index contributed by atoms with van der Waals surface area (Å²) in [6, 6.07) is 7.02. The SMILES string of the molecule is Cc1cccc(N)c1S(=O)(=O)N(C)Cc1cc(Br)cs1. The molecule has 4 nitrogen and oxygen atoms in total. The Morgan fingerprint density at radius 3 is 2.65 bits per heavy atom. The zero-order chi connectivity index (χ0) is 14.9. The summed E-state index contributed by atoms with van der Waals surface area (Å²) in [4.78, 5) is 1.16. The molecule has 7 heteroatoms. The monoisotopic (exact) mass is 374 g/mol. The Morgan fingerprint density at radius 2 is 2.10 bits per heavy atom. The van der Waals surface area contributed by atoms with Crippen LogP contribution >= 0.6 is 27.3 Å². The second-order valence-corrected chi connectivity index (χ2v) is 8.38. The number of rotatable bonds is 4. The van der Waals surface area contributed by atoms with Gasteiger partial charge in [-0.1, -0.05) is 12.1 Å². The molecular weight excluding hydrogens is 360 g/mol. The first-order chi connectivity index (χ1) is 9.32. The molecule has 108 valence electrons. The fourth-order valence-corrected chi connectivity index (χ4v) is 4.97. The summed E-state index contributed by atoms with van der Waals surface area (Å²) in [7, 11) is -2.03. The summed E-state index contributed by atoms with van der Waals surface area (Å²) >= 11 is 4.88. The first-order valence-corrected chi connectivity index (χ1v) is 8.98. The first-order valence-electron chi connectivity index (χ1n) is 5.86. The van der Waals surface area contributed by atoms with E-state index < -0.39 is 10.0 Å². The second kappa shape index (κ2) is 5.85. The Kier molecular flexibility index (Phi) is 4.53. The van der Waals surface area contributed by atoms with Crippen LogP contribution in [0.15, 0.2) is 39.0 Å². The Balaban J connectivity index is 2.35. The van der Waals surface area contributed by atoms with Gasteiger partial charge in [-0.3, -0.25) is 0 Å². The Bertz CT molecular complexity index is 705. The van der Waals surface area contributed by atoms with E-state index in [1.165, 1.54) is 15.6 Å². The minimum absolute atomic E-state index is 0.193. The molecule has 0 amide bonds. The minimum atomic E-state index is -3.59. The van der Waals surface area contributed by atoms with Crippen molar-refractivity contribution in [3.8, 4) is 0 Å². The van der Waals surface area contributed by atoms with Crippen LogP contribution < -0.4 is 5.73 Å². The van der Waals surface area contributed by atoms with E-state index >= 15 is 0 Å². The number of hydrogen-bond acceptors (Lipinski definition) is 4. The van der Waals surface area contributed by atoms with Crippen LogP contribution in [0.25, 0.3) is 0 Å². The number of hydrogen-bond donors (Lipinski definition) is 1. The van der Waals surface area contributed by atoms with Gasteiger partial charge < -0.3 is 5.73 Å². The summed E-state index contributed by atoms with van der Waals surface area (Å²) in [5.74, 6) is 0. The van der Waals surface area contributed by atoms with Crippen LogP contribution in [-0.4, -0.2) is 19.8 Å². The largest absolute Gasteiger partial charge is 0.398 e. The number of nitrogens with two attached hydrogens (primary N) is 1. The highest BCUT2D eigenvalue weighted by Crippen LogP contribution is 2.27. The summed E-state index contributed by atoms with van der Waals surface area (Å²) in [5.41, 5.74) is 6.77. The van der Waals surface area contributed by atoms with Crippen molar-refractivity contribution >= 4 is 43.0 Å². The summed E-state index contributed by atoms with van der Waals surface area (Å²) in [5, 5.41) is 1.93. The van der Waals surface area contributed by atoms with Crippen molar-refractivity contribution in [1.82, 2.24) is 4.31 Å². The van der Waals surface area contributed by atoms with Gasteiger partial charge in [-0.25, -0.2) is 8.42 Å². The van der Waals surface area contributed by atoms with Crippen LogP contribution in [0.1, 0.15) is 10.4 Å². The van der Waals surface area contributed by atoms with Gasteiger partial charge in [-0.05, 0) is 40.5 Å². The highest BCUT2D eigenvalue weighted by molar-refractivity contribution is 9.10. The number of nitrogens with zero attached hydrogens (tertiary/aromatic N) is 1. The smallest absolute Gasteiger partial charge is 0.245 e. The molecule has 2 N–H and O–H groups in total. The molecule has 2 aromatic rings. The molecule has 2 rings (SSSR count). The van der Waals surface area contributed by atoms with Gasteiger partial charge in [-0.15, -0.1) is 11.3 Å². The molecule has 1 aromatic heterocycles. The predicted molar refractivity (Wildman–Crippen MR) is 86.3 cm³/mol. The lowest BCUT2D eigenvalue weighted by Crippen LogP contribution is -2.27. The molecular formula is C13H15BrN2O2S2. The lowest BCUT2D eigenvalue weighted by Gasteiger charge is -2.19. The third-order valence-corrected chi connectivity index (χ3v) is 6.62. The average molecular weight is 375 g/mol. The van der Waals surface area contributed by atoms with Crippen molar-refractivity contribution in [2.75, 3.05) is 12.8 Å². The van der Waals surface area contributed by atoms with Crippen LogP contribution in [-0.2, 0) is 16.6 Å². The van der Waals surface area contributed by atoms with E-state index in [9.17, 15) is 8.42 Å². The maximum Gasteiger partial charge on any atom is 0.245 e. The lowest BCUT2D eigenvalue weighted by atomic mass is 10.2. The molecule has 0 saturated carbocycles. The quantitative estimate of drug-likeness (QED) is 0.835. The van der Waals surface area contributed by atoms with Crippen molar-refractivity contribution in [3.63, 3.8) is 0 Å². The predicted octanol–water partition coefficient (Wildman–Crippen LogP) is 3.22. The highest BCUT2D eigenvalue weighted by atomic mass is 79.9. The number of benzene rings is 1. The molecule has 0 aliphatic heterocycles. The van der Waals surface area contributed by atoms with Crippen LogP contribution in [0, 0.1) is 6.92 Å². The number of anilines is 1. The van der Waals surface area contributed by atoms with Gasteiger partial charge in [0.25, 0.3) is 0 Å². The standard InChI is InChI=1S/C13H15BrN2O2S2/c1-9-4-3-5-12(15)13(9)20(17,18)16(2)7-11-6-10(14)8-19-11/h3-6,8H,7,15H2,1-2H3. The number of halogens is 1. The molecule has 0 spiro atoms. The molecule has 20 heavy (non-hydrogen) atoms. The third kappa shape index (κ3) is 3.06. The van der Waals surface area contributed by atoms with Gasteiger partial charge in [0.1, 0.15) is 4.90 Å². The van der Waals surface area contributed by atoms with Crippen molar-refractivity contribution in [1.29, 1.82) is 0 Å². The number of nitrogen functional groups attached to an aromatic ring is 1. The molecule has 1 heterocycles. The Morgan fingerprint density at radius 1 is 1.40 bits per heavy atom. The van der Waals surface area contributed by atoms with Crippen LogP contribution in [0.5, 0.6) is 0 Å². The maximum atomic E-state index is 12.6. The number of thiophene rings is 1. The maximum absolute atomic E-state index is 12.6. The molecule has 0 bridgehead atoms. The lowest BCUT2D eigenvalue weighted by molar-refractivity contribution is 0.469. The first kappa shape index (κ1) is 15.5. The molecule has 0 unspecified atom stereocenters. The van der Waals surface area contributed by atoms with Gasteiger partial charge in [-0.2, -0.15) is 4.31 Å². The molecule has 0 fully saturated rings. The molecule has 0 radical (unpaired) electrons. The fraction of sp³-hybridized carbons (Fsp3) is 0.231. The Hall–Kier alpha value is -0.890. The number of sulfonamides is 1. The van der Waals surface area contributed by atoms with E-state index in [2.05, 4.69) is 15.9 Å². The molecule has 0 aliphatic rings. The fourth-order valence-electron chi connectivity index (χ4n) is 1.92. The highest BCUT2D eigenvalue weighted by Gasteiger charge is 2.25. The van der Waals surface area contributed by atoms with E-state index in [1.807, 2.05) is 11.4 Å². The van der Waals surface area contributed by atoms with Crippen LogP contribution in [0.2, 0.25) is 0 Å². The van der Waals surface area contributed by atoms with E-state index in [0.29, 0.717) is 12.1 Å². The number of aryl methyl sites for hydroxylation is 1.